The van der Waals surface area contributed by atoms with Gasteiger partial charge in [0, 0.05) is 26.6 Å². The molecule has 5 aromatic rings. The van der Waals surface area contributed by atoms with Crippen LogP contribution < -0.4 is 0 Å². The highest BCUT2D eigenvalue weighted by Crippen LogP contribution is 2.41. The zero-order valence-corrected chi connectivity index (χ0v) is 14.7. The van der Waals surface area contributed by atoms with Gasteiger partial charge in [0.1, 0.15) is 0 Å². The van der Waals surface area contributed by atoms with E-state index >= 15 is 0 Å². The van der Waals surface area contributed by atoms with Gasteiger partial charge in [-0.25, -0.2) is 0 Å². The number of benzene rings is 3. The van der Waals surface area contributed by atoms with E-state index in [1.807, 2.05) is 59.2 Å². The summed E-state index contributed by atoms with van der Waals surface area (Å²) in [6.07, 6.45) is 0. The molecule has 2 nitrogen and oxygen atoms in total. The van der Waals surface area contributed by atoms with Crippen molar-refractivity contribution in [1.29, 1.82) is 0 Å². The standard InChI is InChI=1S/C23H15NOS/c25-23(17-11-5-2-6-12-17)24-19-14-8-7-13-18(19)21-20(24)15-26-22(21)16-9-3-1-4-10-16/h1-15H. The van der Waals surface area contributed by atoms with Gasteiger partial charge in [-0.05, 0) is 23.8 Å². The summed E-state index contributed by atoms with van der Waals surface area (Å²) >= 11 is 1.69. The van der Waals surface area contributed by atoms with E-state index in [0.29, 0.717) is 5.56 Å². The van der Waals surface area contributed by atoms with Crippen LogP contribution in [0.2, 0.25) is 0 Å². The molecule has 0 aliphatic heterocycles. The summed E-state index contributed by atoms with van der Waals surface area (Å²) in [5.74, 6) is 0.00853. The van der Waals surface area contributed by atoms with Gasteiger partial charge in [-0.1, -0.05) is 66.7 Å². The number of aromatic nitrogens is 1. The summed E-state index contributed by atoms with van der Waals surface area (Å²) in [6.45, 7) is 0. The van der Waals surface area contributed by atoms with Crippen LogP contribution in [0.25, 0.3) is 32.2 Å². The molecule has 3 heteroatoms. The van der Waals surface area contributed by atoms with Crippen LogP contribution in [0.15, 0.2) is 90.3 Å². The van der Waals surface area contributed by atoms with E-state index in [4.69, 9.17) is 0 Å². The number of para-hydroxylation sites is 1. The Morgan fingerprint density at radius 2 is 1.38 bits per heavy atom. The molecule has 0 atom stereocenters. The Hall–Kier alpha value is -3.17. The van der Waals surface area contributed by atoms with Crippen LogP contribution in [0.1, 0.15) is 10.4 Å². The highest BCUT2D eigenvalue weighted by molar-refractivity contribution is 7.15. The van der Waals surface area contributed by atoms with Crippen molar-refractivity contribution in [3.8, 4) is 10.4 Å². The van der Waals surface area contributed by atoms with Crippen LogP contribution in [0.5, 0.6) is 0 Å². The number of hydrogen-bond donors (Lipinski definition) is 0. The van der Waals surface area contributed by atoms with Crippen LogP contribution in [0.4, 0.5) is 0 Å². The maximum absolute atomic E-state index is 13.2. The van der Waals surface area contributed by atoms with Gasteiger partial charge in [-0.3, -0.25) is 9.36 Å². The molecule has 0 fully saturated rings. The monoisotopic (exact) mass is 353 g/mol. The lowest BCUT2D eigenvalue weighted by atomic mass is 10.1. The molecule has 0 unspecified atom stereocenters. The Morgan fingerprint density at radius 1 is 0.731 bits per heavy atom. The topological polar surface area (TPSA) is 22.0 Å². The molecule has 0 N–H and O–H groups in total. The van der Waals surface area contributed by atoms with E-state index in [2.05, 4.69) is 35.7 Å². The zero-order chi connectivity index (χ0) is 17.5. The van der Waals surface area contributed by atoms with Crippen molar-refractivity contribution in [1.82, 2.24) is 4.57 Å². The molecular weight excluding hydrogens is 338 g/mol. The summed E-state index contributed by atoms with van der Waals surface area (Å²) in [7, 11) is 0. The minimum Gasteiger partial charge on any atom is -0.275 e. The Bertz CT molecular complexity index is 1230. The summed E-state index contributed by atoms with van der Waals surface area (Å²) in [6, 6.07) is 28.0. The summed E-state index contributed by atoms with van der Waals surface area (Å²) in [4.78, 5) is 14.5. The fraction of sp³-hybridized carbons (Fsp3) is 0. The Kier molecular flexibility index (Phi) is 3.47. The van der Waals surface area contributed by atoms with Crippen molar-refractivity contribution < 1.29 is 4.79 Å². The number of fused-ring (bicyclic) bond motifs is 3. The van der Waals surface area contributed by atoms with Crippen LogP contribution in [0.3, 0.4) is 0 Å². The number of nitrogens with zero attached hydrogens (tertiary/aromatic N) is 1. The average Bonchev–Trinajstić information content (AvgIpc) is 3.27. The summed E-state index contributed by atoms with van der Waals surface area (Å²) in [5, 5.41) is 4.37. The smallest absolute Gasteiger partial charge is 0.262 e. The molecule has 3 aromatic carbocycles. The van der Waals surface area contributed by atoms with Gasteiger partial charge in [0.05, 0.1) is 11.0 Å². The third-order valence-electron chi connectivity index (χ3n) is 4.69. The van der Waals surface area contributed by atoms with E-state index in [-0.39, 0.29) is 5.91 Å². The Labute approximate surface area is 154 Å². The maximum Gasteiger partial charge on any atom is 0.262 e. The Morgan fingerprint density at radius 3 is 2.15 bits per heavy atom. The molecule has 0 aliphatic carbocycles. The highest BCUT2D eigenvalue weighted by atomic mass is 32.1. The van der Waals surface area contributed by atoms with Gasteiger partial charge in [0.2, 0.25) is 0 Å². The van der Waals surface area contributed by atoms with Gasteiger partial charge >= 0.3 is 0 Å². The lowest BCUT2D eigenvalue weighted by Gasteiger charge is -2.05. The van der Waals surface area contributed by atoms with Crippen LogP contribution >= 0.6 is 11.3 Å². The number of carbonyl (C=O) groups excluding carboxylic acids is 1. The molecule has 2 aromatic heterocycles. The van der Waals surface area contributed by atoms with Gasteiger partial charge in [-0.2, -0.15) is 0 Å². The van der Waals surface area contributed by atoms with E-state index in [1.54, 1.807) is 11.3 Å². The number of thiophene rings is 1. The van der Waals surface area contributed by atoms with Crippen molar-refractivity contribution >= 4 is 39.0 Å². The molecule has 0 saturated heterocycles. The predicted octanol–water partition coefficient (Wildman–Crippen LogP) is 6.21. The fourth-order valence-corrected chi connectivity index (χ4v) is 4.57. The molecule has 2 heterocycles. The molecule has 0 bridgehead atoms. The van der Waals surface area contributed by atoms with Gasteiger partial charge in [0.25, 0.3) is 5.91 Å². The first kappa shape index (κ1) is 15.1. The number of carbonyl (C=O) groups is 1. The number of rotatable bonds is 2. The van der Waals surface area contributed by atoms with Crippen molar-refractivity contribution in [3.63, 3.8) is 0 Å². The maximum atomic E-state index is 13.2. The second-order valence-corrected chi connectivity index (χ2v) is 7.09. The first-order chi connectivity index (χ1) is 12.8. The fourth-order valence-electron chi connectivity index (χ4n) is 3.51. The third kappa shape index (κ3) is 2.21. The lowest BCUT2D eigenvalue weighted by molar-refractivity contribution is 0.0969. The first-order valence-corrected chi connectivity index (χ1v) is 9.38. The van der Waals surface area contributed by atoms with Gasteiger partial charge in [-0.15, -0.1) is 11.3 Å². The second kappa shape index (κ2) is 5.97. The van der Waals surface area contributed by atoms with Crippen LogP contribution in [-0.2, 0) is 0 Å². The molecule has 26 heavy (non-hydrogen) atoms. The van der Waals surface area contributed by atoms with Gasteiger partial charge in [0.15, 0.2) is 0 Å². The predicted molar refractivity (Wildman–Crippen MR) is 109 cm³/mol. The second-order valence-electron chi connectivity index (χ2n) is 6.21. The molecule has 0 amide bonds. The molecular formula is C23H15NOS. The minimum atomic E-state index is 0.00853. The largest absolute Gasteiger partial charge is 0.275 e. The molecule has 0 radical (unpaired) electrons. The zero-order valence-electron chi connectivity index (χ0n) is 13.9. The minimum absolute atomic E-state index is 0.00853. The molecule has 0 saturated carbocycles. The molecule has 0 spiro atoms. The quantitative estimate of drug-likeness (QED) is 0.370. The Balaban J connectivity index is 1.84. The molecule has 5 rings (SSSR count). The van der Waals surface area contributed by atoms with E-state index in [1.165, 1.54) is 10.4 Å². The first-order valence-electron chi connectivity index (χ1n) is 8.50. The third-order valence-corrected chi connectivity index (χ3v) is 5.70. The van der Waals surface area contributed by atoms with E-state index in [9.17, 15) is 4.79 Å². The summed E-state index contributed by atoms with van der Waals surface area (Å²) < 4.78 is 1.85. The normalized spacial score (nSPS) is 11.2. The highest BCUT2D eigenvalue weighted by Gasteiger charge is 2.21. The van der Waals surface area contributed by atoms with Crippen LogP contribution in [-0.4, -0.2) is 10.5 Å². The summed E-state index contributed by atoms with van der Waals surface area (Å²) in [5.41, 5.74) is 3.81. The average molecular weight is 353 g/mol. The van der Waals surface area contributed by atoms with Gasteiger partial charge < -0.3 is 0 Å². The van der Waals surface area contributed by atoms with E-state index < -0.39 is 0 Å². The van der Waals surface area contributed by atoms with Crippen molar-refractivity contribution in [3.05, 3.63) is 95.9 Å². The molecule has 124 valence electrons. The molecule has 0 aliphatic rings. The van der Waals surface area contributed by atoms with E-state index in [0.717, 1.165) is 21.8 Å². The van der Waals surface area contributed by atoms with Crippen molar-refractivity contribution in [2.24, 2.45) is 0 Å². The SMILES string of the molecule is O=C(c1ccccc1)n1c2ccccc2c2c(-c3ccccc3)scc21. The van der Waals surface area contributed by atoms with Crippen molar-refractivity contribution in [2.75, 3.05) is 0 Å². The van der Waals surface area contributed by atoms with Crippen molar-refractivity contribution in [2.45, 2.75) is 0 Å². The van der Waals surface area contributed by atoms with Crippen LogP contribution in [0, 0.1) is 0 Å². The lowest BCUT2D eigenvalue weighted by Crippen LogP contribution is -2.11. The number of hydrogen-bond acceptors (Lipinski definition) is 2.